The van der Waals surface area contributed by atoms with Gasteiger partial charge in [-0.3, -0.25) is 4.79 Å². The molecule has 4 heteroatoms. The lowest BCUT2D eigenvalue weighted by molar-refractivity contribution is 0.296. The summed E-state index contributed by atoms with van der Waals surface area (Å²) in [6.07, 6.45) is 1.74. The number of hydrogen-bond acceptors (Lipinski definition) is 3. The van der Waals surface area contributed by atoms with Crippen molar-refractivity contribution in [1.29, 1.82) is 0 Å². The van der Waals surface area contributed by atoms with E-state index in [4.69, 9.17) is 10.5 Å². The molecule has 0 aliphatic carbocycles. The largest absolute Gasteiger partial charge is 0.492 e. The minimum absolute atomic E-state index is 0.0290. The van der Waals surface area contributed by atoms with Crippen molar-refractivity contribution in [2.75, 3.05) is 13.2 Å². The Labute approximate surface area is 117 Å². The molecule has 0 unspecified atom stereocenters. The van der Waals surface area contributed by atoms with E-state index < -0.39 is 0 Å². The second-order valence-corrected chi connectivity index (χ2v) is 4.11. The summed E-state index contributed by atoms with van der Waals surface area (Å²) in [5.41, 5.74) is 6.17. The summed E-state index contributed by atoms with van der Waals surface area (Å²) >= 11 is 0. The highest BCUT2D eigenvalue weighted by Crippen LogP contribution is 2.12. The van der Waals surface area contributed by atoms with Crippen LogP contribution < -0.4 is 16.0 Å². The zero-order valence-electron chi connectivity index (χ0n) is 11.1. The summed E-state index contributed by atoms with van der Waals surface area (Å²) in [7, 11) is 0. The van der Waals surface area contributed by atoms with Gasteiger partial charge in [-0.15, -0.1) is 0 Å². The number of nitrogens with two attached hydrogens (primary N) is 1. The zero-order chi connectivity index (χ0) is 14.2. The third kappa shape index (κ3) is 4.01. The third-order valence-corrected chi connectivity index (χ3v) is 2.67. The van der Waals surface area contributed by atoms with E-state index in [1.165, 1.54) is 6.07 Å². The zero-order valence-corrected chi connectivity index (χ0v) is 11.1. The standard InChI is InChI=1S/C16H16N2O2/c17-9-4-6-14-5-3-7-15(13-14)20-12-11-18-10-2-1-8-16(18)19/h1-3,5,7-8,10,13H,9,11-12,17H2. The van der Waals surface area contributed by atoms with Crippen LogP contribution in [0.25, 0.3) is 0 Å². The number of nitrogens with zero attached hydrogens (tertiary/aromatic N) is 1. The van der Waals surface area contributed by atoms with Crippen LogP contribution in [0.4, 0.5) is 0 Å². The van der Waals surface area contributed by atoms with Crippen LogP contribution in [0.15, 0.2) is 53.5 Å². The van der Waals surface area contributed by atoms with E-state index in [9.17, 15) is 4.79 Å². The molecule has 0 spiro atoms. The minimum Gasteiger partial charge on any atom is -0.492 e. The second-order valence-electron chi connectivity index (χ2n) is 4.11. The van der Waals surface area contributed by atoms with Gasteiger partial charge in [0.1, 0.15) is 12.4 Å². The quantitative estimate of drug-likeness (QED) is 0.849. The van der Waals surface area contributed by atoms with Gasteiger partial charge in [0.25, 0.3) is 5.56 Å². The van der Waals surface area contributed by atoms with Crippen molar-refractivity contribution in [3.63, 3.8) is 0 Å². The lowest BCUT2D eigenvalue weighted by atomic mass is 10.2. The molecule has 0 fully saturated rings. The number of rotatable bonds is 4. The Balaban J connectivity index is 1.94. The van der Waals surface area contributed by atoms with E-state index in [2.05, 4.69) is 11.8 Å². The van der Waals surface area contributed by atoms with Gasteiger partial charge in [0.15, 0.2) is 0 Å². The normalized spacial score (nSPS) is 9.65. The van der Waals surface area contributed by atoms with Gasteiger partial charge in [-0.25, -0.2) is 0 Å². The molecule has 1 heterocycles. The van der Waals surface area contributed by atoms with E-state index >= 15 is 0 Å². The lowest BCUT2D eigenvalue weighted by Crippen LogP contribution is -2.21. The summed E-state index contributed by atoms with van der Waals surface area (Å²) in [4.78, 5) is 11.5. The molecule has 2 aromatic rings. The number of ether oxygens (including phenoxy) is 1. The molecule has 0 aliphatic heterocycles. The van der Waals surface area contributed by atoms with Gasteiger partial charge in [-0.1, -0.05) is 24.0 Å². The van der Waals surface area contributed by atoms with Crippen LogP contribution >= 0.6 is 0 Å². The molecule has 20 heavy (non-hydrogen) atoms. The smallest absolute Gasteiger partial charge is 0.250 e. The Morgan fingerprint density at radius 1 is 1.20 bits per heavy atom. The predicted molar refractivity (Wildman–Crippen MR) is 78.6 cm³/mol. The van der Waals surface area contributed by atoms with E-state index in [0.717, 1.165) is 11.3 Å². The first-order chi connectivity index (χ1) is 9.79. The Morgan fingerprint density at radius 2 is 2.10 bits per heavy atom. The number of hydrogen-bond donors (Lipinski definition) is 1. The molecule has 0 radical (unpaired) electrons. The molecule has 1 aromatic heterocycles. The molecule has 0 saturated carbocycles. The van der Waals surface area contributed by atoms with Gasteiger partial charge in [0, 0.05) is 17.8 Å². The van der Waals surface area contributed by atoms with Gasteiger partial charge >= 0.3 is 0 Å². The molecule has 2 N–H and O–H groups in total. The first-order valence-corrected chi connectivity index (χ1v) is 6.37. The highest BCUT2D eigenvalue weighted by atomic mass is 16.5. The topological polar surface area (TPSA) is 57.2 Å². The van der Waals surface area contributed by atoms with Crippen LogP contribution in [0.5, 0.6) is 5.75 Å². The number of pyridine rings is 1. The Bertz CT molecular complexity index is 680. The van der Waals surface area contributed by atoms with Crippen molar-refractivity contribution >= 4 is 0 Å². The Morgan fingerprint density at radius 3 is 2.90 bits per heavy atom. The summed E-state index contributed by atoms with van der Waals surface area (Å²) in [6, 6.07) is 12.6. The average molecular weight is 268 g/mol. The summed E-state index contributed by atoms with van der Waals surface area (Å²) in [5, 5.41) is 0. The molecule has 1 aromatic carbocycles. The van der Waals surface area contributed by atoms with Crippen LogP contribution in [0.3, 0.4) is 0 Å². The molecule has 0 aliphatic rings. The maximum Gasteiger partial charge on any atom is 0.250 e. The monoisotopic (exact) mass is 268 g/mol. The number of aromatic nitrogens is 1. The van der Waals surface area contributed by atoms with Gasteiger partial charge in [-0.05, 0) is 24.3 Å². The SMILES string of the molecule is NCC#Cc1cccc(OCCn2ccccc2=O)c1. The molecule has 0 bridgehead atoms. The Hall–Kier alpha value is -2.51. The van der Waals surface area contributed by atoms with Crippen molar-refractivity contribution in [1.82, 2.24) is 4.57 Å². The van der Waals surface area contributed by atoms with Crippen LogP contribution in [0, 0.1) is 11.8 Å². The highest BCUT2D eigenvalue weighted by Gasteiger charge is 1.97. The van der Waals surface area contributed by atoms with Crippen molar-refractivity contribution in [3.05, 3.63) is 64.6 Å². The third-order valence-electron chi connectivity index (χ3n) is 2.67. The van der Waals surface area contributed by atoms with Crippen molar-refractivity contribution in [2.24, 2.45) is 5.73 Å². The molecular formula is C16H16N2O2. The predicted octanol–water partition coefficient (Wildman–Crippen LogP) is 1.24. The van der Waals surface area contributed by atoms with Gasteiger partial charge in [0.2, 0.25) is 0 Å². The molecule has 102 valence electrons. The van der Waals surface area contributed by atoms with Crippen LogP contribution in [-0.2, 0) is 6.54 Å². The maximum atomic E-state index is 11.5. The second kappa shape index (κ2) is 7.17. The van der Waals surface area contributed by atoms with Crippen LogP contribution in [-0.4, -0.2) is 17.7 Å². The van der Waals surface area contributed by atoms with E-state index in [1.54, 1.807) is 16.8 Å². The highest BCUT2D eigenvalue weighted by molar-refractivity contribution is 5.39. The van der Waals surface area contributed by atoms with Gasteiger partial charge in [0.05, 0.1) is 13.1 Å². The minimum atomic E-state index is -0.0290. The molecule has 0 saturated heterocycles. The lowest BCUT2D eigenvalue weighted by Gasteiger charge is -2.08. The molecule has 0 atom stereocenters. The summed E-state index contributed by atoms with van der Waals surface area (Å²) in [5.74, 6) is 6.48. The molecule has 2 rings (SSSR count). The first-order valence-electron chi connectivity index (χ1n) is 6.37. The molecule has 4 nitrogen and oxygen atoms in total. The van der Waals surface area contributed by atoms with E-state index in [0.29, 0.717) is 19.7 Å². The van der Waals surface area contributed by atoms with Crippen LogP contribution in [0.2, 0.25) is 0 Å². The molecule has 0 amide bonds. The van der Waals surface area contributed by atoms with Gasteiger partial charge in [-0.2, -0.15) is 0 Å². The fourth-order valence-electron chi connectivity index (χ4n) is 1.72. The number of benzene rings is 1. The fraction of sp³-hybridized carbons (Fsp3) is 0.188. The van der Waals surface area contributed by atoms with Crippen molar-refractivity contribution in [2.45, 2.75) is 6.54 Å². The van der Waals surface area contributed by atoms with Crippen LogP contribution in [0.1, 0.15) is 5.56 Å². The van der Waals surface area contributed by atoms with Crippen molar-refractivity contribution in [3.8, 4) is 17.6 Å². The van der Waals surface area contributed by atoms with E-state index in [-0.39, 0.29) is 5.56 Å². The van der Waals surface area contributed by atoms with Crippen molar-refractivity contribution < 1.29 is 4.74 Å². The fourth-order valence-corrected chi connectivity index (χ4v) is 1.72. The average Bonchev–Trinajstić information content (AvgIpc) is 2.48. The maximum absolute atomic E-state index is 11.5. The Kier molecular flexibility index (Phi) is 4.99. The summed E-state index contributed by atoms with van der Waals surface area (Å²) in [6.45, 7) is 1.28. The van der Waals surface area contributed by atoms with Gasteiger partial charge < -0.3 is 15.0 Å². The summed E-state index contributed by atoms with van der Waals surface area (Å²) < 4.78 is 7.24. The first kappa shape index (κ1) is 13.9. The molecular weight excluding hydrogens is 252 g/mol. The van der Waals surface area contributed by atoms with E-state index in [1.807, 2.05) is 30.3 Å².